The van der Waals surface area contributed by atoms with Gasteiger partial charge in [-0.3, -0.25) is 33.5 Å². The molecular formula is C46H66N4O8S. The molecule has 2 spiro atoms. The largest absolute Gasteiger partial charge is 0.342 e. The Bertz CT molecular complexity index is 2050. The monoisotopic (exact) mass is 834 g/mol. The first-order valence-electron chi connectivity index (χ1n) is 22.0. The van der Waals surface area contributed by atoms with Crippen molar-refractivity contribution in [3.05, 3.63) is 34.9 Å². The van der Waals surface area contributed by atoms with Crippen LogP contribution in [0.1, 0.15) is 145 Å². The molecule has 0 aromatic rings. The highest BCUT2D eigenvalue weighted by atomic mass is 32.2. The second-order valence-corrected chi connectivity index (χ2v) is 23.0. The zero-order chi connectivity index (χ0) is 43.2. The molecule has 0 unspecified atom stereocenters. The Morgan fingerprint density at radius 3 is 2.07 bits per heavy atom. The van der Waals surface area contributed by atoms with Gasteiger partial charge in [-0.25, -0.2) is 8.42 Å². The lowest BCUT2D eigenvalue weighted by molar-refractivity contribution is -0.144. The minimum absolute atomic E-state index is 0.0136. The SMILES string of the molecule is C=C[C@@H]1C[C@]1(CC(=O)[C@@H]1C[C@@]2(CN1C(=O)[C@@H](NC(=O)[C@@H](NC(=O)C1=C(C(C)=O)C(C)=C(C)C1)C1CCCCC1)C(C)(C)C)C(C)(C)C21CCC1)C(=O)NS(=O)(=O)C1CC1. The van der Waals surface area contributed by atoms with E-state index in [2.05, 4.69) is 35.8 Å². The number of ketones is 2. The van der Waals surface area contributed by atoms with E-state index in [0.29, 0.717) is 49.8 Å². The summed E-state index contributed by atoms with van der Waals surface area (Å²) in [4.78, 5) is 86.8. The average molecular weight is 835 g/mol. The van der Waals surface area contributed by atoms with Gasteiger partial charge >= 0.3 is 0 Å². The third kappa shape index (κ3) is 7.06. The number of hydrogen-bond acceptors (Lipinski definition) is 8. The fourth-order valence-corrected chi connectivity index (χ4v) is 13.5. The predicted octanol–water partition coefficient (Wildman–Crippen LogP) is 5.77. The standard InChI is InChI=1S/C46H66N4O8S/c1-10-30-22-44(30,41(56)49-59(57,58)31-17-18-31)24-34(52)33-23-46(43(8,9)45(46)19-14-20-45)25-50(33)40(55)37(42(5,6)7)48-39(54)36(29-15-12-11-13-16-29)47-38(53)32-21-26(2)27(3)35(32)28(4)51/h10,29-31,33,36-37H,1,11-25H2,2-9H3,(H,47,53)(H,48,54)(H,49,56)/t30-,33+,36+,37-,44-,46-/m1/s1. The number of carbonyl (C=O) groups excluding carboxylic acids is 6. The topological polar surface area (TPSA) is 176 Å². The lowest BCUT2D eigenvalue weighted by atomic mass is 9.73. The molecule has 0 bridgehead atoms. The number of amides is 4. The van der Waals surface area contributed by atoms with Crippen LogP contribution in [0.25, 0.3) is 0 Å². The molecule has 1 aliphatic heterocycles. The van der Waals surface area contributed by atoms with Gasteiger partial charge in [0.1, 0.15) is 12.1 Å². The minimum atomic E-state index is -3.85. The minimum Gasteiger partial charge on any atom is -0.342 e. The first-order chi connectivity index (χ1) is 27.5. The fraction of sp³-hybridized carbons (Fsp3) is 0.739. The van der Waals surface area contributed by atoms with Gasteiger partial charge in [-0.05, 0) is 112 Å². The van der Waals surface area contributed by atoms with E-state index in [0.717, 1.165) is 62.5 Å². The van der Waals surface area contributed by atoms with Crippen LogP contribution >= 0.6 is 0 Å². The van der Waals surface area contributed by atoms with E-state index >= 15 is 4.79 Å². The number of carbonyl (C=O) groups is 6. The number of Topliss-reactive ketones (excluding diaryl/α,β-unsaturated/α-hetero) is 2. The summed E-state index contributed by atoms with van der Waals surface area (Å²) in [5.41, 5.74) is -0.0679. The summed E-state index contributed by atoms with van der Waals surface area (Å²) >= 11 is 0. The first kappa shape index (κ1) is 43.5. The summed E-state index contributed by atoms with van der Waals surface area (Å²) in [7, 11) is -3.85. The third-order valence-electron chi connectivity index (χ3n) is 16.5. The second kappa shape index (κ2) is 14.8. The summed E-state index contributed by atoms with van der Waals surface area (Å²) in [6, 6.07) is -2.87. The Morgan fingerprint density at radius 2 is 1.56 bits per heavy atom. The van der Waals surface area contributed by atoms with Gasteiger partial charge in [-0.15, -0.1) is 6.58 Å². The number of nitrogens with zero attached hydrogens (tertiary/aromatic N) is 1. The number of fused-ring (bicyclic) bond motifs is 1. The van der Waals surface area contributed by atoms with Gasteiger partial charge in [0.2, 0.25) is 33.7 Å². The summed E-state index contributed by atoms with van der Waals surface area (Å²) < 4.78 is 28.0. The number of nitrogens with one attached hydrogen (secondary N) is 3. The maximum absolute atomic E-state index is 15.3. The van der Waals surface area contributed by atoms with Gasteiger partial charge in [-0.2, -0.15) is 0 Å². The van der Waals surface area contributed by atoms with Crippen LogP contribution in [0.15, 0.2) is 34.9 Å². The van der Waals surface area contributed by atoms with Crippen LogP contribution in [0.2, 0.25) is 0 Å². The van der Waals surface area contributed by atoms with Crippen molar-refractivity contribution in [2.75, 3.05) is 6.54 Å². The molecule has 6 atom stereocenters. The van der Waals surface area contributed by atoms with Crippen molar-refractivity contribution in [1.29, 1.82) is 0 Å². The molecule has 0 aromatic heterocycles. The van der Waals surface area contributed by atoms with Crippen molar-refractivity contribution < 1.29 is 37.2 Å². The molecular weight excluding hydrogens is 769 g/mol. The van der Waals surface area contributed by atoms with Crippen molar-refractivity contribution in [2.24, 2.45) is 38.9 Å². The lowest BCUT2D eigenvalue weighted by Gasteiger charge is -2.38. The Kier molecular flexibility index (Phi) is 10.9. The summed E-state index contributed by atoms with van der Waals surface area (Å²) in [6.07, 6.45) is 10.8. The summed E-state index contributed by atoms with van der Waals surface area (Å²) in [5, 5.41) is 5.53. The Labute approximate surface area is 350 Å². The van der Waals surface area contributed by atoms with Crippen LogP contribution in [0, 0.1) is 38.9 Å². The molecule has 1 heterocycles. The normalized spacial score (nSPS) is 30.7. The molecule has 0 aromatic carbocycles. The van der Waals surface area contributed by atoms with Crippen LogP contribution in [-0.2, 0) is 38.8 Å². The average Bonchev–Trinajstić information content (AvgIpc) is 4.08. The molecule has 7 rings (SSSR count). The number of rotatable bonds is 14. The first-order valence-corrected chi connectivity index (χ1v) is 23.6. The van der Waals surface area contributed by atoms with E-state index in [1.165, 1.54) is 6.92 Å². The molecule has 3 N–H and O–H groups in total. The molecule has 13 heteroatoms. The number of likely N-dealkylation sites (tertiary alicyclic amines) is 1. The maximum Gasteiger partial charge on any atom is 0.248 e. The quantitative estimate of drug-likeness (QED) is 0.185. The Balaban J connectivity index is 1.17. The van der Waals surface area contributed by atoms with E-state index in [1.54, 1.807) is 11.0 Å². The van der Waals surface area contributed by atoms with Gasteiger partial charge in [-0.1, -0.05) is 72.0 Å². The van der Waals surface area contributed by atoms with Crippen molar-refractivity contribution >= 4 is 45.2 Å². The van der Waals surface area contributed by atoms with E-state index in [4.69, 9.17) is 0 Å². The van der Waals surface area contributed by atoms with E-state index < -0.39 is 62.0 Å². The molecule has 6 aliphatic carbocycles. The number of sulfonamides is 1. The van der Waals surface area contributed by atoms with Crippen LogP contribution in [0.5, 0.6) is 0 Å². The van der Waals surface area contributed by atoms with Crippen molar-refractivity contribution in [1.82, 2.24) is 20.3 Å². The number of allylic oxidation sites excluding steroid dienone is 4. The van der Waals surface area contributed by atoms with E-state index in [-0.39, 0.29) is 52.0 Å². The van der Waals surface area contributed by atoms with Crippen molar-refractivity contribution in [2.45, 2.75) is 169 Å². The molecule has 5 saturated carbocycles. The molecule has 0 radical (unpaired) electrons. The zero-order valence-corrected chi connectivity index (χ0v) is 37.3. The summed E-state index contributed by atoms with van der Waals surface area (Å²) in [6.45, 7) is 19.5. The van der Waals surface area contributed by atoms with E-state index in [9.17, 15) is 32.4 Å². The maximum atomic E-state index is 15.3. The van der Waals surface area contributed by atoms with Crippen LogP contribution in [0.4, 0.5) is 0 Å². The second-order valence-electron chi connectivity index (χ2n) is 21.0. The smallest absolute Gasteiger partial charge is 0.248 e. The van der Waals surface area contributed by atoms with Gasteiger partial charge in [0, 0.05) is 29.5 Å². The third-order valence-corrected chi connectivity index (χ3v) is 18.3. The Hall–Kier alpha value is -3.61. The van der Waals surface area contributed by atoms with E-state index in [1.807, 2.05) is 34.6 Å². The van der Waals surface area contributed by atoms with Crippen LogP contribution in [0.3, 0.4) is 0 Å². The molecule has 6 fully saturated rings. The number of hydrogen-bond donors (Lipinski definition) is 3. The molecule has 7 aliphatic rings. The highest BCUT2D eigenvalue weighted by Crippen LogP contribution is 2.88. The van der Waals surface area contributed by atoms with Crippen molar-refractivity contribution in [3.8, 4) is 0 Å². The lowest BCUT2D eigenvalue weighted by Crippen LogP contribution is -2.61. The Morgan fingerprint density at radius 1 is 0.915 bits per heavy atom. The molecule has 4 amide bonds. The molecule has 12 nitrogen and oxygen atoms in total. The van der Waals surface area contributed by atoms with Crippen LogP contribution < -0.4 is 15.4 Å². The highest BCUT2D eigenvalue weighted by molar-refractivity contribution is 7.90. The van der Waals surface area contributed by atoms with Gasteiger partial charge < -0.3 is 15.5 Å². The van der Waals surface area contributed by atoms with Gasteiger partial charge in [0.25, 0.3) is 0 Å². The van der Waals surface area contributed by atoms with Crippen LogP contribution in [-0.4, -0.2) is 78.4 Å². The molecule has 1 saturated heterocycles. The highest BCUT2D eigenvalue weighted by Gasteiger charge is 2.85. The zero-order valence-electron chi connectivity index (χ0n) is 36.5. The predicted molar refractivity (Wildman–Crippen MR) is 224 cm³/mol. The molecule has 324 valence electrons. The van der Waals surface area contributed by atoms with Crippen molar-refractivity contribution in [3.63, 3.8) is 0 Å². The fourth-order valence-electron chi connectivity index (χ4n) is 12.2. The molecule has 59 heavy (non-hydrogen) atoms. The summed E-state index contributed by atoms with van der Waals surface area (Å²) in [5.74, 6) is -3.02. The van der Waals surface area contributed by atoms with Gasteiger partial charge in [0.05, 0.1) is 16.7 Å². The van der Waals surface area contributed by atoms with Gasteiger partial charge in [0.15, 0.2) is 11.6 Å².